The highest BCUT2D eigenvalue weighted by Gasteiger charge is 2.44. The van der Waals surface area contributed by atoms with Gasteiger partial charge in [-0.2, -0.15) is 4.98 Å². The van der Waals surface area contributed by atoms with E-state index in [0.717, 1.165) is 0 Å². The number of ether oxygens (including phenoxy) is 1. The lowest BCUT2D eigenvalue weighted by molar-refractivity contribution is -0.151. The number of hydrogen-bond acceptors (Lipinski definition) is 5. The van der Waals surface area contributed by atoms with Crippen molar-refractivity contribution in [3.63, 3.8) is 0 Å². The fraction of sp³-hybridized carbons (Fsp3) is 0.769. The average Bonchev–Trinajstić information content (AvgIpc) is 2.82. The van der Waals surface area contributed by atoms with Crippen LogP contribution in [-0.2, 0) is 14.9 Å². The van der Waals surface area contributed by atoms with E-state index in [1.54, 1.807) is 6.92 Å². The smallest absolute Gasteiger partial charge is 0.321 e. The molecule has 0 amide bonds. The molecule has 0 aromatic carbocycles. The molecule has 1 aromatic rings. The number of nitrogens with zero attached hydrogens (tertiary/aromatic N) is 2. The summed E-state index contributed by atoms with van der Waals surface area (Å²) in [5.74, 6) is 0.889. The largest absolute Gasteiger partial charge is 0.465 e. The van der Waals surface area contributed by atoms with Gasteiger partial charge in [0.2, 0.25) is 5.89 Å². The molecule has 5 nitrogen and oxygen atoms in total. The summed E-state index contributed by atoms with van der Waals surface area (Å²) >= 11 is 0. The van der Waals surface area contributed by atoms with Crippen molar-refractivity contribution in [3.05, 3.63) is 11.7 Å². The van der Waals surface area contributed by atoms with Gasteiger partial charge in [0, 0.05) is 5.92 Å². The van der Waals surface area contributed by atoms with E-state index in [-0.39, 0.29) is 11.9 Å². The highest BCUT2D eigenvalue weighted by atomic mass is 16.5. The zero-order chi connectivity index (χ0) is 13.8. The Kier molecular flexibility index (Phi) is 4.87. The summed E-state index contributed by atoms with van der Waals surface area (Å²) in [5.41, 5.74) is -0.809. The summed E-state index contributed by atoms with van der Waals surface area (Å²) in [6.45, 7) is 9.98. The summed E-state index contributed by atoms with van der Waals surface area (Å²) in [4.78, 5) is 16.5. The Morgan fingerprint density at radius 3 is 2.33 bits per heavy atom. The van der Waals surface area contributed by atoms with Gasteiger partial charge in [-0.3, -0.25) is 4.79 Å². The van der Waals surface area contributed by atoms with Crippen LogP contribution in [-0.4, -0.2) is 22.7 Å². The molecule has 1 rings (SSSR count). The highest BCUT2D eigenvalue weighted by molar-refractivity contribution is 5.81. The second-order valence-electron chi connectivity index (χ2n) is 4.62. The van der Waals surface area contributed by atoms with Gasteiger partial charge in [-0.05, 0) is 19.8 Å². The summed E-state index contributed by atoms with van der Waals surface area (Å²) in [6.07, 6.45) is 1.17. The molecule has 1 aromatic heterocycles. The van der Waals surface area contributed by atoms with Crippen LogP contribution < -0.4 is 0 Å². The van der Waals surface area contributed by atoms with Gasteiger partial charge in [-0.25, -0.2) is 0 Å². The van der Waals surface area contributed by atoms with Gasteiger partial charge >= 0.3 is 5.97 Å². The number of esters is 1. The Morgan fingerprint density at radius 1 is 1.33 bits per heavy atom. The minimum Gasteiger partial charge on any atom is -0.465 e. The summed E-state index contributed by atoms with van der Waals surface area (Å²) in [7, 11) is 0. The molecule has 102 valence electrons. The molecular weight excluding hydrogens is 232 g/mol. The van der Waals surface area contributed by atoms with E-state index in [9.17, 15) is 4.79 Å². The van der Waals surface area contributed by atoms with Gasteiger partial charge in [0.25, 0.3) is 0 Å². The van der Waals surface area contributed by atoms with Gasteiger partial charge in [0.15, 0.2) is 5.82 Å². The van der Waals surface area contributed by atoms with Crippen LogP contribution in [0.15, 0.2) is 4.52 Å². The van der Waals surface area contributed by atoms with Crippen LogP contribution in [0.1, 0.15) is 65.1 Å². The van der Waals surface area contributed by atoms with E-state index in [4.69, 9.17) is 9.26 Å². The second-order valence-corrected chi connectivity index (χ2v) is 4.62. The molecule has 0 radical (unpaired) electrons. The first-order chi connectivity index (χ1) is 8.51. The molecule has 0 saturated carbocycles. The molecular formula is C13H22N2O3. The Balaban J connectivity index is 3.13. The minimum atomic E-state index is -0.809. The average molecular weight is 254 g/mol. The summed E-state index contributed by atoms with van der Waals surface area (Å²) < 4.78 is 10.4. The maximum absolute atomic E-state index is 12.2. The Bertz CT molecular complexity index is 395. The molecule has 0 aliphatic heterocycles. The third-order valence-corrected chi connectivity index (χ3v) is 3.24. The Hall–Kier alpha value is -1.39. The fourth-order valence-corrected chi connectivity index (χ4v) is 1.86. The molecule has 0 spiro atoms. The van der Waals surface area contributed by atoms with Crippen LogP contribution in [0.25, 0.3) is 0 Å². The third-order valence-electron chi connectivity index (χ3n) is 3.24. The lowest BCUT2D eigenvalue weighted by Gasteiger charge is -2.24. The first kappa shape index (κ1) is 14.7. The van der Waals surface area contributed by atoms with Crippen LogP contribution in [0.2, 0.25) is 0 Å². The SMILES string of the molecule is CCOC(=O)C(CC)(CC)c1nc(C(C)C)no1. The maximum atomic E-state index is 12.2. The van der Waals surface area contributed by atoms with Crippen molar-refractivity contribution in [1.82, 2.24) is 10.1 Å². The molecule has 1 heterocycles. The summed E-state index contributed by atoms with van der Waals surface area (Å²) in [5, 5.41) is 3.93. The number of rotatable bonds is 6. The zero-order valence-corrected chi connectivity index (χ0v) is 11.8. The van der Waals surface area contributed by atoms with Crippen LogP contribution in [0, 0.1) is 0 Å². The van der Waals surface area contributed by atoms with Gasteiger partial charge < -0.3 is 9.26 Å². The van der Waals surface area contributed by atoms with Crippen LogP contribution in [0.4, 0.5) is 0 Å². The Morgan fingerprint density at radius 2 is 1.94 bits per heavy atom. The third kappa shape index (κ3) is 2.54. The monoisotopic (exact) mass is 254 g/mol. The number of carbonyl (C=O) groups is 1. The molecule has 0 atom stereocenters. The lowest BCUT2D eigenvalue weighted by Crippen LogP contribution is -2.36. The van der Waals surface area contributed by atoms with Crippen LogP contribution in [0.5, 0.6) is 0 Å². The molecule has 0 bridgehead atoms. The summed E-state index contributed by atoms with van der Waals surface area (Å²) in [6, 6.07) is 0. The molecule has 0 aliphatic carbocycles. The van der Waals surface area contributed by atoms with E-state index < -0.39 is 5.41 Å². The molecule has 0 saturated heterocycles. The predicted octanol–water partition coefficient (Wildman–Crippen LogP) is 2.81. The number of carbonyl (C=O) groups excluding carboxylic acids is 1. The van der Waals surface area contributed by atoms with Crippen molar-refractivity contribution in [2.45, 2.75) is 58.8 Å². The van der Waals surface area contributed by atoms with E-state index in [2.05, 4.69) is 10.1 Å². The molecule has 18 heavy (non-hydrogen) atoms. The van der Waals surface area contributed by atoms with Crippen molar-refractivity contribution in [3.8, 4) is 0 Å². The molecule has 5 heteroatoms. The highest BCUT2D eigenvalue weighted by Crippen LogP contribution is 2.32. The van der Waals surface area contributed by atoms with E-state index in [1.807, 2.05) is 27.7 Å². The minimum absolute atomic E-state index is 0.177. The maximum Gasteiger partial charge on any atom is 0.321 e. The zero-order valence-electron chi connectivity index (χ0n) is 11.8. The van der Waals surface area contributed by atoms with Crippen molar-refractivity contribution >= 4 is 5.97 Å². The van der Waals surface area contributed by atoms with E-state index >= 15 is 0 Å². The molecule has 0 N–H and O–H groups in total. The fourth-order valence-electron chi connectivity index (χ4n) is 1.86. The predicted molar refractivity (Wildman–Crippen MR) is 67.3 cm³/mol. The lowest BCUT2D eigenvalue weighted by atomic mass is 9.82. The van der Waals surface area contributed by atoms with Gasteiger partial charge in [0.05, 0.1) is 6.61 Å². The second kappa shape index (κ2) is 5.98. The van der Waals surface area contributed by atoms with E-state index in [1.165, 1.54) is 0 Å². The van der Waals surface area contributed by atoms with Crippen molar-refractivity contribution in [1.29, 1.82) is 0 Å². The normalized spacial score (nSPS) is 11.9. The Labute approximate surface area is 108 Å². The van der Waals surface area contributed by atoms with Gasteiger partial charge in [-0.15, -0.1) is 0 Å². The van der Waals surface area contributed by atoms with Crippen molar-refractivity contribution in [2.75, 3.05) is 6.61 Å². The topological polar surface area (TPSA) is 65.2 Å². The molecule has 0 fully saturated rings. The van der Waals surface area contributed by atoms with Crippen LogP contribution >= 0.6 is 0 Å². The number of aromatic nitrogens is 2. The molecule has 0 aliphatic rings. The first-order valence-electron chi connectivity index (χ1n) is 6.53. The van der Waals surface area contributed by atoms with Crippen molar-refractivity contribution < 1.29 is 14.1 Å². The first-order valence-corrected chi connectivity index (χ1v) is 6.53. The van der Waals surface area contributed by atoms with Crippen molar-refractivity contribution in [2.24, 2.45) is 0 Å². The van der Waals surface area contributed by atoms with E-state index in [0.29, 0.717) is 31.2 Å². The number of hydrogen-bond donors (Lipinski definition) is 0. The van der Waals surface area contributed by atoms with Gasteiger partial charge in [0.1, 0.15) is 5.41 Å². The van der Waals surface area contributed by atoms with Crippen LogP contribution in [0.3, 0.4) is 0 Å². The standard InChI is InChI=1S/C13H22N2O3/c1-6-13(7-2,12(16)17-8-3)11-14-10(9(4)5)15-18-11/h9H,6-8H2,1-5H3. The molecule has 0 unspecified atom stereocenters. The quantitative estimate of drug-likeness (QED) is 0.730. The van der Waals surface area contributed by atoms with Gasteiger partial charge in [-0.1, -0.05) is 32.9 Å².